The molecule has 0 bridgehead atoms. The number of nitrogens with one attached hydrogen (secondary N) is 1. The van der Waals surface area contributed by atoms with Crippen molar-refractivity contribution in [3.63, 3.8) is 0 Å². The molecule has 4 heteroatoms. The Labute approximate surface area is 96.4 Å². The molecule has 92 valence electrons. The number of hydrogen-bond acceptors (Lipinski definition) is 2. The summed E-state index contributed by atoms with van der Waals surface area (Å²) in [6.45, 7) is 8.05. The van der Waals surface area contributed by atoms with Crippen molar-refractivity contribution in [3.8, 4) is 0 Å². The van der Waals surface area contributed by atoms with E-state index in [0.29, 0.717) is 18.4 Å². The summed E-state index contributed by atoms with van der Waals surface area (Å²) in [5.74, 6) is -1.17. The maximum absolute atomic E-state index is 11.8. The fraction of sp³-hybridized carbons (Fsp3) is 0.833. The topological polar surface area (TPSA) is 66.4 Å². The van der Waals surface area contributed by atoms with Crippen molar-refractivity contribution in [2.45, 2.75) is 34.1 Å². The minimum absolute atomic E-state index is 0.362. The van der Waals surface area contributed by atoms with Crippen molar-refractivity contribution < 1.29 is 14.7 Å². The monoisotopic (exact) mass is 227 g/mol. The zero-order chi connectivity index (χ0) is 12.5. The van der Waals surface area contributed by atoms with Crippen LogP contribution in [0.2, 0.25) is 0 Å². The molecule has 3 atom stereocenters. The van der Waals surface area contributed by atoms with Crippen LogP contribution in [0.15, 0.2) is 0 Å². The summed E-state index contributed by atoms with van der Waals surface area (Å²) in [7, 11) is 0. The molecule has 1 aliphatic rings. The second-order valence-electron chi connectivity index (χ2n) is 5.86. The molecule has 0 saturated heterocycles. The number of rotatable bonds is 4. The third-order valence-corrected chi connectivity index (χ3v) is 3.19. The quantitative estimate of drug-likeness (QED) is 0.715. The second-order valence-corrected chi connectivity index (χ2v) is 5.86. The van der Waals surface area contributed by atoms with Gasteiger partial charge >= 0.3 is 5.97 Å². The molecule has 0 aliphatic heterocycles. The molecule has 1 saturated carbocycles. The van der Waals surface area contributed by atoms with Crippen LogP contribution in [-0.4, -0.2) is 23.5 Å². The van der Waals surface area contributed by atoms with Crippen molar-refractivity contribution in [1.29, 1.82) is 0 Å². The van der Waals surface area contributed by atoms with Crippen molar-refractivity contribution >= 4 is 11.9 Å². The molecule has 1 aliphatic carbocycles. The number of carbonyl (C=O) groups excluding carboxylic acids is 1. The predicted molar refractivity (Wildman–Crippen MR) is 60.9 cm³/mol. The first-order valence-corrected chi connectivity index (χ1v) is 5.74. The van der Waals surface area contributed by atoms with E-state index in [2.05, 4.69) is 12.2 Å². The van der Waals surface area contributed by atoms with Crippen LogP contribution in [0, 0.1) is 23.2 Å². The first-order valence-electron chi connectivity index (χ1n) is 5.74. The number of carboxylic acids is 1. The van der Waals surface area contributed by atoms with Gasteiger partial charge in [0, 0.05) is 6.54 Å². The van der Waals surface area contributed by atoms with Crippen LogP contribution < -0.4 is 5.32 Å². The highest BCUT2D eigenvalue weighted by molar-refractivity contribution is 5.97. The molecule has 1 rings (SSSR count). The van der Waals surface area contributed by atoms with Gasteiger partial charge in [-0.05, 0) is 23.7 Å². The van der Waals surface area contributed by atoms with Gasteiger partial charge in [0.25, 0.3) is 0 Å². The summed E-state index contributed by atoms with van der Waals surface area (Å²) in [5, 5.41) is 11.8. The SMILES string of the molecule is CC1CC1CNC(=O)C(C(=O)O)C(C)(C)C. The number of amides is 1. The smallest absolute Gasteiger partial charge is 0.316 e. The van der Waals surface area contributed by atoms with E-state index in [4.69, 9.17) is 5.11 Å². The van der Waals surface area contributed by atoms with Gasteiger partial charge in [-0.2, -0.15) is 0 Å². The van der Waals surface area contributed by atoms with Gasteiger partial charge < -0.3 is 10.4 Å². The van der Waals surface area contributed by atoms with Crippen LogP contribution >= 0.6 is 0 Å². The number of carbonyl (C=O) groups is 2. The van der Waals surface area contributed by atoms with Gasteiger partial charge in [-0.1, -0.05) is 27.7 Å². The van der Waals surface area contributed by atoms with E-state index in [1.807, 2.05) is 0 Å². The third kappa shape index (κ3) is 3.22. The summed E-state index contributed by atoms with van der Waals surface area (Å²) in [4.78, 5) is 22.8. The van der Waals surface area contributed by atoms with E-state index in [9.17, 15) is 9.59 Å². The Balaban J connectivity index is 2.51. The Morgan fingerprint density at radius 2 is 1.94 bits per heavy atom. The maximum atomic E-state index is 11.8. The maximum Gasteiger partial charge on any atom is 0.316 e. The van der Waals surface area contributed by atoms with Gasteiger partial charge in [0.1, 0.15) is 5.92 Å². The van der Waals surface area contributed by atoms with Crippen LogP contribution in [0.5, 0.6) is 0 Å². The molecule has 3 unspecified atom stereocenters. The molecular weight excluding hydrogens is 206 g/mol. The number of hydrogen-bond donors (Lipinski definition) is 2. The van der Waals surface area contributed by atoms with Gasteiger partial charge in [0.05, 0.1) is 0 Å². The van der Waals surface area contributed by atoms with Gasteiger partial charge in [-0.25, -0.2) is 0 Å². The fourth-order valence-corrected chi connectivity index (χ4v) is 1.89. The van der Waals surface area contributed by atoms with Gasteiger partial charge in [0.2, 0.25) is 5.91 Å². The summed E-state index contributed by atoms with van der Waals surface area (Å²) >= 11 is 0. The van der Waals surface area contributed by atoms with Crippen LogP contribution in [0.4, 0.5) is 0 Å². The Kier molecular flexibility index (Phi) is 3.61. The Morgan fingerprint density at radius 1 is 1.44 bits per heavy atom. The average Bonchev–Trinajstić information content (AvgIpc) is 2.75. The number of carboxylic acid groups (broad SMARTS) is 1. The van der Waals surface area contributed by atoms with Crippen LogP contribution in [0.3, 0.4) is 0 Å². The van der Waals surface area contributed by atoms with E-state index < -0.39 is 17.3 Å². The van der Waals surface area contributed by atoms with Crippen LogP contribution in [0.25, 0.3) is 0 Å². The fourth-order valence-electron chi connectivity index (χ4n) is 1.89. The van der Waals surface area contributed by atoms with Crippen LogP contribution in [-0.2, 0) is 9.59 Å². The molecule has 1 fully saturated rings. The molecule has 0 aromatic rings. The van der Waals surface area contributed by atoms with Crippen LogP contribution in [0.1, 0.15) is 34.1 Å². The number of aliphatic carboxylic acids is 1. The van der Waals surface area contributed by atoms with E-state index in [1.54, 1.807) is 20.8 Å². The third-order valence-electron chi connectivity index (χ3n) is 3.19. The van der Waals surface area contributed by atoms with Gasteiger partial charge in [-0.15, -0.1) is 0 Å². The standard InChI is InChI=1S/C12H21NO3/c1-7-5-8(7)6-13-10(14)9(11(15)16)12(2,3)4/h7-9H,5-6H2,1-4H3,(H,13,14)(H,15,16). The molecule has 0 heterocycles. The van der Waals surface area contributed by atoms with Crippen molar-refractivity contribution in [3.05, 3.63) is 0 Å². The molecule has 0 radical (unpaired) electrons. The Hall–Kier alpha value is -1.06. The lowest BCUT2D eigenvalue weighted by Gasteiger charge is -2.25. The zero-order valence-corrected chi connectivity index (χ0v) is 10.4. The highest BCUT2D eigenvalue weighted by Gasteiger charge is 2.39. The Morgan fingerprint density at radius 3 is 2.25 bits per heavy atom. The van der Waals surface area contributed by atoms with Gasteiger partial charge in [0.15, 0.2) is 0 Å². The molecular formula is C12H21NO3. The second kappa shape index (κ2) is 4.44. The normalized spacial score (nSPS) is 26.0. The molecule has 4 nitrogen and oxygen atoms in total. The molecule has 2 N–H and O–H groups in total. The largest absolute Gasteiger partial charge is 0.481 e. The lowest BCUT2D eigenvalue weighted by Crippen LogP contribution is -2.43. The highest BCUT2D eigenvalue weighted by Crippen LogP contribution is 2.37. The lowest BCUT2D eigenvalue weighted by atomic mass is 9.80. The summed E-state index contributed by atoms with van der Waals surface area (Å²) < 4.78 is 0. The summed E-state index contributed by atoms with van der Waals surface area (Å²) in [5.41, 5.74) is -0.551. The average molecular weight is 227 g/mol. The van der Waals surface area contributed by atoms with Gasteiger partial charge in [-0.3, -0.25) is 9.59 Å². The Bertz CT molecular complexity index is 293. The molecule has 0 aromatic carbocycles. The lowest BCUT2D eigenvalue weighted by molar-refractivity contribution is -0.151. The molecule has 0 aromatic heterocycles. The van der Waals surface area contributed by atoms with Crippen molar-refractivity contribution in [2.75, 3.05) is 6.54 Å². The van der Waals surface area contributed by atoms with E-state index >= 15 is 0 Å². The minimum Gasteiger partial charge on any atom is -0.481 e. The minimum atomic E-state index is -1.05. The zero-order valence-electron chi connectivity index (χ0n) is 10.4. The highest BCUT2D eigenvalue weighted by atomic mass is 16.4. The van der Waals surface area contributed by atoms with Crippen molar-refractivity contribution in [2.24, 2.45) is 23.2 Å². The molecule has 16 heavy (non-hydrogen) atoms. The predicted octanol–water partition coefficient (Wildman–Crippen LogP) is 1.51. The summed E-state index contributed by atoms with van der Waals surface area (Å²) in [6, 6.07) is 0. The summed E-state index contributed by atoms with van der Waals surface area (Å²) in [6.07, 6.45) is 1.13. The van der Waals surface area contributed by atoms with Crippen molar-refractivity contribution in [1.82, 2.24) is 5.32 Å². The molecule has 1 amide bonds. The van der Waals surface area contributed by atoms with E-state index in [-0.39, 0.29) is 5.91 Å². The molecule has 0 spiro atoms. The van der Waals surface area contributed by atoms with E-state index in [0.717, 1.165) is 6.42 Å². The first-order chi connectivity index (χ1) is 7.23. The first kappa shape index (κ1) is 13.0. The van der Waals surface area contributed by atoms with E-state index in [1.165, 1.54) is 0 Å².